The molecule has 5 heteroatoms. The summed E-state index contributed by atoms with van der Waals surface area (Å²) in [6.07, 6.45) is 3.57. The molecule has 3 atom stereocenters. The van der Waals surface area contributed by atoms with Crippen LogP contribution in [-0.4, -0.2) is 35.3 Å². The molecule has 0 saturated carbocycles. The van der Waals surface area contributed by atoms with Crippen molar-refractivity contribution < 1.29 is 19.4 Å². The van der Waals surface area contributed by atoms with Gasteiger partial charge in [-0.25, -0.2) is 0 Å². The molecule has 136 valence electrons. The van der Waals surface area contributed by atoms with Crippen LogP contribution in [0.15, 0.2) is 66.7 Å². The monoisotopic (exact) mass is 370 g/mol. The Morgan fingerprint density at radius 3 is 2.46 bits per heavy atom. The maximum absolute atomic E-state index is 12.5. The van der Waals surface area contributed by atoms with Gasteiger partial charge in [-0.05, 0) is 23.3 Å². The van der Waals surface area contributed by atoms with Gasteiger partial charge < -0.3 is 14.6 Å². The molecule has 3 rings (SSSR count). The third kappa shape index (κ3) is 3.79. The van der Waals surface area contributed by atoms with E-state index in [9.17, 15) is 9.90 Å². The Bertz CT molecular complexity index is 772. The number of thioether (sulfide) groups is 1. The summed E-state index contributed by atoms with van der Waals surface area (Å²) in [6.45, 7) is 0. The van der Waals surface area contributed by atoms with Gasteiger partial charge in [0.05, 0.1) is 25.6 Å². The molecular weight excluding hydrogens is 348 g/mol. The Kier molecular flexibility index (Phi) is 5.69. The van der Waals surface area contributed by atoms with Gasteiger partial charge in [0.1, 0.15) is 10.5 Å². The van der Waals surface area contributed by atoms with Crippen LogP contribution in [0.2, 0.25) is 0 Å². The van der Waals surface area contributed by atoms with E-state index in [0.717, 1.165) is 16.9 Å². The van der Waals surface area contributed by atoms with E-state index < -0.39 is 10.9 Å². The number of aliphatic hydroxyl groups is 1. The third-order valence-electron chi connectivity index (χ3n) is 4.51. The smallest absolute Gasteiger partial charge is 0.326 e. The van der Waals surface area contributed by atoms with E-state index in [1.54, 1.807) is 7.11 Å². The molecule has 0 bridgehead atoms. The van der Waals surface area contributed by atoms with Gasteiger partial charge in [0, 0.05) is 6.42 Å². The summed E-state index contributed by atoms with van der Waals surface area (Å²) >= 11 is 1.43. The van der Waals surface area contributed by atoms with Gasteiger partial charge in [0.25, 0.3) is 0 Å². The highest BCUT2D eigenvalue weighted by molar-refractivity contribution is 8.02. The van der Waals surface area contributed by atoms with E-state index in [1.807, 2.05) is 66.7 Å². The Hall–Kier alpha value is -2.24. The van der Waals surface area contributed by atoms with Crippen molar-refractivity contribution in [3.63, 3.8) is 0 Å². The second kappa shape index (κ2) is 7.98. The summed E-state index contributed by atoms with van der Waals surface area (Å²) < 4.78 is 9.40. The van der Waals surface area contributed by atoms with Crippen molar-refractivity contribution in [3.8, 4) is 5.75 Å². The van der Waals surface area contributed by atoms with Gasteiger partial charge in [-0.15, -0.1) is 11.8 Å². The highest BCUT2D eigenvalue weighted by atomic mass is 32.2. The standard InChI is InChI=1S/C21H22O4S/c1-24-17-10-8-16(9-11-17)19(22)18-12-13-21(26-18,20(23)25-2)14-15-6-4-3-5-7-15/h3-13,18-19,22H,14H2,1-2H3/t18-,19?,21?/m1/s1. The van der Waals surface area contributed by atoms with E-state index in [4.69, 9.17) is 9.47 Å². The summed E-state index contributed by atoms with van der Waals surface area (Å²) in [5.41, 5.74) is 1.84. The van der Waals surface area contributed by atoms with E-state index in [0.29, 0.717) is 6.42 Å². The summed E-state index contributed by atoms with van der Waals surface area (Å²) in [6, 6.07) is 17.2. The number of hydrogen-bond donors (Lipinski definition) is 1. The van der Waals surface area contributed by atoms with Gasteiger partial charge in [0.15, 0.2) is 0 Å². The Labute approximate surface area is 157 Å². The molecule has 4 nitrogen and oxygen atoms in total. The lowest BCUT2D eigenvalue weighted by molar-refractivity contribution is -0.142. The zero-order chi connectivity index (χ0) is 18.6. The lowest BCUT2D eigenvalue weighted by Crippen LogP contribution is -2.36. The number of methoxy groups -OCH3 is 2. The third-order valence-corrected chi connectivity index (χ3v) is 6.07. The van der Waals surface area contributed by atoms with Gasteiger partial charge in [0.2, 0.25) is 0 Å². The maximum atomic E-state index is 12.5. The topological polar surface area (TPSA) is 55.8 Å². The Morgan fingerprint density at radius 1 is 1.15 bits per heavy atom. The number of hydrogen-bond acceptors (Lipinski definition) is 5. The number of carbonyl (C=O) groups excluding carboxylic acids is 1. The fourth-order valence-electron chi connectivity index (χ4n) is 3.09. The van der Waals surface area contributed by atoms with Gasteiger partial charge >= 0.3 is 5.97 Å². The number of ether oxygens (including phenoxy) is 2. The van der Waals surface area contributed by atoms with Crippen LogP contribution in [0.4, 0.5) is 0 Å². The molecule has 0 fully saturated rings. The molecule has 0 aliphatic carbocycles. The predicted molar refractivity (Wildman–Crippen MR) is 103 cm³/mol. The molecule has 0 amide bonds. The van der Waals surface area contributed by atoms with E-state index >= 15 is 0 Å². The molecule has 2 unspecified atom stereocenters. The highest BCUT2D eigenvalue weighted by Crippen LogP contribution is 2.45. The number of rotatable bonds is 6. The van der Waals surface area contributed by atoms with Crippen molar-refractivity contribution in [1.82, 2.24) is 0 Å². The molecule has 1 heterocycles. The fourth-order valence-corrected chi connectivity index (χ4v) is 4.61. The summed E-state index contributed by atoms with van der Waals surface area (Å²) in [5, 5.41) is 10.5. The predicted octanol–water partition coefficient (Wildman–Crippen LogP) is 3.55. The lowest BCUT2D eigenvalue weighted by Gasteiger charge is -2.27. The van der Waals surface area contributed by atoms with Crippen molar-refractivity contribution in [2.24, 2.45) is 0 Å². The van der Waals surface area contributed by atoms with E-state index in [-0.39, 0.29) is 11.2 Å². The summed E-state index contributed by atoms with van der Waals surface area (Å²) in [7, 11) is 3.01. The first-order chi connectivity index (χ1) is 12.6. The number of benzene rings is 2. The summed E-state index contributed by atoms with van der Waals surface area (Å²) in [4.78, 5) is 12.5. The second-order valence-corrected chi connectivity index (χ2v) is 7.71. The van der Waals surface area contributed by atoms with Gasteiger partial charge in [-0.1, -0.05) is 54.6 Å². The molecule has 1 aliphatic rings. The van der Waals surface area contributed by atoms with Crippen LogP contribution in [0.3, 0.4) is 0 Å². The van der Waals surface area contributed by atoms with E-state index in [2.05, 4.69) is 0 Å². The Balaban J connectivity index is 1.80. The van der Waals surface area contributed by atoms with Crippen LogP contribution in [0, 0.1) is 0 Å². The SMILES string of the molecule is COC(=O)C1(Cc2ccccc2)C=C[C@H](C(O)c2ccc(OC)cc2)S1. The molecule has 0 spiro atoms. The van der Waals surface area contributed by atoms with Crippen LogP contribution in [0.25, 0.3) is 0 Å². The normalized spacial score (nSPS) is 22.8. The van der Waals surface area contributed by atoms with Crippen molar-refractivity contribution >= 4 is 17.7 Å². The first-order valence-electron chi connectivity index (χ1n) is 8.39. The fraction of sp³-hybridized carbons (Fsp3) is 0.286. The minimum absolute atomic E-state index is 0.230. The number of aliphatic hydroxyl groups excluding tert-OH is 1. The molecular formula is C21H22O4S. The molecule has 0 aromatic heterocycles. The van der Waals surface area contributed by atoms with Crippen LogP contribution in [0.5, 0.6) is 5.75 Å². The van der Waals surface area contributed by atoms with Crippen molar-refractivity contribution in [2.45, 2.75) is 22.5 Å². The highest BCUT2D eigenvalue weighted by Gasteiger charge is 2.45. The number of esters is 1. The van der Waals surface area contributed by atoms with Crippen molar-refractivity contribution in [3.05, 3.63) is 77.9 Å². The minimum Gasteiger partial charge on any atom is -0.497 e. The van der Waals surface area contributed by atoms with Crippen LogP contribution in [0.1, 0.15) is 17.2 Å². The van der Waals surface area contributed by atoms with Crippen molar-refractivity contribution in [1.29, 1.82) is 0 Å². The van der Waals surface area contributed by atoms with Crippen LogP contribution in [-0.2, 0) is 16.0 Å². The van der Waals surface area contributed by atoms with Crippen LogP contribution < -0.4 is 4.74 Å². The Morgan fingerprint density at radius 2 is 1.85 bits per heavy atom. The average Bonchev–Trinajstić information content (AvgIpc) is 3.12. The quantitative estimate of drug-likeness (QED) is 0.622. The van der Waals surface area contributed by atoms with Crippen molar-refractivity contribution in [2.75, 3.05) is 14.2 Å². The van der Waals surface area contributed by atoms with Gasteiger partial charge in [-0.3, -0.25) is 4.79 Å². The molecule has 2 aromatic carbocycles. The molecule has 26 heavy (non-hydrogen) atoms. The lowest BCUT2D eigenvalue weighted by atomic mass is 9.97. The zero-order valence-corrected chi connectivity index (χ0v) is 15.6. The zero-order valence-electron chi connectivity index (χ0n) is 14.8. The van der Waals surface area contributed by atoms with Gasteiger partial charge in [-0.2, -0.15) is 0 Å². The average molecular weight is 370 g/mol. The molecule has 2 aromatic rings. The first kappa shape index (κ1) is 18.5. The molecule has 0 radical (unpaired) electrons. The minimum atomic E-state index is -0.825. The second-order valence-electron chi connectivity index (χ2n) is 6.20. The number of carbonyl (C=O) groups is 1. The van der Waals surface area contributed by atoms with Crippen LogP contribution >= 0.6 is 11.8 Å². The molecule has 0 saturated heterocycles. The molecule has 1 N–H and O–H groups in total. The summed E-state index contributed by atoms with van der Waals surface area (Å²) in [5.74, 6) is 0.440. The molecule has 1 aliphatic heterocycles. The largest absolute Gasteiger partial charge is 0.497 e. The first-order valence-corrected chi connectivity index (χ1v) is 9.27. The maximum Gasteiger partial charge on any atom is 0.326 e. The van der Waals surface area contributed by atoms with E-state index in [1.165, 1.54) is 18.9 Å².